The van der Waals surface area contributed by atoms with Gasteiger partial charge in [0.05, 0.1) is 4.92 Å². The molecule has 9 nitrogen and oxygen atoms in total. The van der Waals surface area contributed by atoms with Crippen LogP contribution < -0.4 is 15.4 Å². The number of nitrogens with zero attached hydrogens (tertiary/aromatic N) is 1. The number of nitrogens with one attached hydrogen (secondary N) is 2. The topological polar surface area (TPSA) is 120 Å². The van der Waals surface area contributed by atoms with Crippen molar-refractivity contribution in [2.24, 2.45) is 0 Å². The fourth-order valence-electron chi connectivity index (χ4n) is 2.51. The van der Waals surface area contributed by atoms with Crippen LogP contribution in [0.2, 0.25) is 0 Å². The molecule has 0 bridgehead atoms. The van der Waals surface area contributed by atoms with Gasteiger partial charge in [-0.25, -0.2) is 4.79 Å². The van der Waals surface area contributed by atoms with Gasteiger partial charge in [-0.1, -0.05) is 6.07 Å². The summed E-state index contributed by atoms with van der Waals surface area (Å²) >= 11 is 0. The Morgan fingerprint density at radius 2 is 1.66 bits per heavy atom. The molecule has 0 saturated carbocycles. The van der Waals surface area contributed by atoms with Gasteiger partial charge < -0.3 is 20.1 Å². The highest BCUT2D eigenvalue weighted by atomic mass is 16.6. The van der Waals surface area contributed by atoms with E-state index in [4.69, 9.17) is 9.47 Å². The highest BCUT2D eigenvalue weighted by molar-refractivity contribution is 5.80. The van der Waals surface area contributed by atoms with Gasteiger partial charge in [0.15, 0.2) is 13.2 Å². The lowest BCUT2D eigenvalue weighted by molar-refractivity contribution is -0.384. The first-order valence-electron chi connectivity index (χ1n) is 8.95. The summed E-state index contributed by atoms with van der Waals surface area (Å²) in [6.45, 7) is 3.89. The number of hydrogen-bond donors (Lipinski definition) is 2. The van der Waals surface area contributed by atoms with Crippen LogP contribution in [0.4, 0.5) is 11.4 Å². The number of nitro benzene ring substituents is 1. The lowest BCUT2D eigenvalue weighted by atomic mass is 10.1. The average Bonchev–Trinajstić information content (AvgIpc) is 2.67. The second-order valence-electron chi connectivity index (χ2n) is 6.35. The quantitative estimate of drug-likeness (QED) is 0.271. The molecule has 0 heterocycles. The number of non-ortho nitro benzene ring substituents is 1. The van der Waals surface area contributed by atoms with Crippen molar-refractivity contribution in [2.45, 2.75) is 13.8 Å². The van der Waals surface area contributed by atoms with E-state index in [-0.39, 0.29) is 12.3 Å². The van der Waals surface area contributed by atoms with Crippen LogP contribution in [0.15, 0.2) is 42.5 Å². The van der Waals surface area contributed by atoms with Crippen molar-refractivity contribution >= 4 is 23.3 Å². The lowest BCUT2D eigenvalue weighted by Crippen LogP contribution is -2.33. The second kappa shape index (κ2) is 10.6. The average molecular weight is 401 g/mol. The first-order valence-corrected chi connectivity index (χ1v) is 8.95. The van der Waals surface area contributed by atoms with Gasteiger partial charge in [-0.05, 0) is 49.2 Å². The smallest absolute Gasteiger partial charge is 0.344 e. The third-order valence-corrected chi connectivity index (χ3v) is 3.77. The molecule has 9 heteroatoms. The van der Waals surface area contributed by atoms with E-state index in [2.05, 4.69) is 10.6 Å². The largest absolute Gasteiger partial charge is 0.482 e. The van der Waals surface area contributed by atoms with Gasteiger partial charge in [0.25, 0.3) is 11.6 Å². The van der Waals surface area contributed by atoms with E-state index in [0.717, 1.165) is 11.1 Å². The minimum Gasteiger partial charge on any atom is -0.482 e. The van der Waals surface area contributed by atoms with E-state index in [1.165, 1.54) is 12.1 Å². The third-order valence-electron chi connectivity index (χ3n) is 3.77. The predicted octanol–water partition coefficient (Wildman–Crippen LogP) is 2.36. The summed E-state index contributed by atoms with van der Waals surface area (Å²) in [4.78, 5) is 33.5. The van der Waals surface area contributed by atoms with Crippen molar-refractivity contribution in [1.29, 1.82) is 0 Å². The summed E-state index contributed by atoms with van der Waals surface area (Å²) < 4.78 is 10.3. The van der Waals surface area contributed by atoms with Gasteiger partial charge in [0, 0.05) is 30.9 Å². The van der Waals surface area contributed by atoms with Crippen molar-refractivity contribution in [2.75, 3.05) is 31.6 Å². The molecule has 154 valence electrons. The fourth-order valence-corrected chi connectivity index (χ4v) is 2.51. The highest BCUT2D eigenvalue weighted by Gasteiger charge is 2.09. The molecule has 0 aromatic heterocycles. The van der Waals surface area contributed by atoms with Crippen molar-refractivity contribution in [3.05, 3.63) is 63.7 Å². The SMILES string of the molecule is Cc1cc(C)cc(OCC(=O)OCC(=O)NCCNc2ccc([N+](=O)[O-])cc2)c1. The summed E-state index contributed by atoms with van der Waals surface area (Å²) in [6, 6.07) is 11.6. The van der Waals surface area contributed by atoms with E-state index >= 15 is 0 Å². The van der Waals surface area contributed by atoms with Crippen LogP contribution in [-0.4, -0.2) is 43.1 Å². The summed E-state index contributed by atoms with van der Waals surface area (Å²) in [5.41, 5.74) is 2.75. The Hall–Kier alpha value is -3.62. The molecule has 0 atom stereocenters. The van der Waals surface area contributed by atoms with E-state index in [0.29, 0.717) is 24.5 Å². The van der Waals surface area contributed by atoms with Crippen LogP contribution in [-0.2, 0) is 14.3 Å². The Labute approximate surface area is 168 Å². The fraction of sp³-hybridized carbons (Fsp3) is 0.300. The Morgan fingerprint density at radius 3 is 2.28 bits per heavy atom. The lowest BCUT2D eigenvalue weighted by Gasteiger charge is -2.10. The van der Waals surface area contributed by atoms with Crippen LogP contribution >= 0.6 is 0 Å². The molecule has 0 radical (unpaired) electrons. The highest BCUT2D eigenvalue weighted by Crippen LogP contribution is 2.16. The zero-order valence-corrected chi connectivity index (χ0v) is 16.3. The molecule has 0 aliphatic heterocycles. The number of rotatable bonds is 10. The molecule has 2 aromatic rings. The Kier molecular flexibility index (Phi) is 7.96. The van der Waals surface area contributed by atoms with Gasteiger partial charge in [-0.3, -0.25) is 14.9 Å². The standard InChI is InChI=1S/C20H23N3O6/c1-14-9-15(2)11-18(10-14)28-13-20(25)29-12-19(24)22-8-7-21-16-3-5-17(6-4-16)23(26)27/h3-6,9-11,21H,7-8,12-13H2,1-2H3,(H,22,24). The number of carbonyl (C=O) groups is 2. The third kappa shape index (κ3) is 7.87. The molecular formula is C20H23N3O6. The summed E-state index contributed by atoms with van der Waals surface area (Å²) in [5.74, 6) is -0.500. The molecule has 29 heavy (non-hydrogen) atoms. The van der Waals surface area contributed by atoms with E-state index in [1.54, 1.807) is 12.1 Å². The molecule has 0 saturated heterocycles. The number of amides is 1. The maximum atomic E-state index is 11.7. The number of hydrogen-bond acceptors (Lipinski definition) is 7. The van der Waals surface area contributed by atoms with Crippen LogP contribution in [0.1, 0.15) is 11.1 Å². The zero-order valence-electron chi connectivity index (χ0n) is 16.3. The molecule has 0 spiro atoms. The second-order valence-corrected chi connectivity index (χ2v) is 6.35. The van der Waals surface area contributed by atoms with Gasteiger partial charge >= 0.3 is 5.97 Å². The number of carbonyl (C=O) groups excluding carboxylic acids is 2. The minimum atomic E-state index is -0.636. The molecule has 0 unspecified atom stereocenters. The first kappa shape index (κ1) is 21.7. The monoisotopic (exact) mass is 401 g/mol. The van der Waals surface area contributed by atoms with Crippen molar-refractivity contribution < 1.29 is 24.0 Å². The number of nitro groups is 1. The Morgan fingerprint density at radius 1 is 1.00 bits per heavy atom. The molecule has 0 aliphatic carbocycles. The van der Waals surface area contributed by atoms with Gasteiger partial charge in [-0.2, -0.15) is 0 Å². The molecule has 2 rings (SSSR count). The van der Waals surface area contributed by atoms with Crippen LogP contribution in [0.3, 0.4) is 0 Å². The Balaban J connectivity index is 1.60. The first-order chi connectivity index (χ1) is 13.8. The molecule has 0 fully saturated rings. The van der Waals surface area contributed by atoms with Crippen molar-refractivity contribution in [3.8, 4) is 5.75 Å². The van der Waals surface area contributed by atoms with Crippen LogP contribution in [0.5, 0.6) is 5.75 Å². The Bertz CT molecular complexity index is 847. The minimum absolute atomic E-state index is 0.00665. The molecular weight excluding hydrogens is 378 g/mol. The van der Waals surface area contributed by atoms with Gasteiger partial charge in [-0.15, -0.1) is 0 Å². The van der Waals surface area contributed by atoms with E-state index < -0.39 is 23.4 Å². The predicted molar refractivity (Wildman–Crippen MR) is 107 cm³/mol. The zero-order chi connectivity index (χ0) is 21.2. The van der Waals surface area contributed by atoms with E-state index in [9.17, 15) is 19.7 Å². The maximum Gasteiger partial charge on any atom is 0.344 e. The van der Waals surface area contributed by atoms with Gasteiger partial charge in [0.2, 0.25) is 0 Å². The maximum absolute atomic E-state index is 11.7. The molecule has 1 amide bonds. The van der Waals surface area contributed by atoms with Crippen molar-refractivity contribution in [3.63, 3.8) is 0 Å². The summed E-state index contributed by atoms with van der Waals surface area (Å²) in [5, 5.41) is 16.2. The van der Waals surface area contributed by atoms with E-state index in [1.807, 2.05) is 32.0 Å². The van der Waals surface area contributed by atoms with Gasteiger partial charge in [0.1, 0.15) is 5.75 Å². The van der Waals surface area contributed by atoms with Crippen molar-refractivity contribution in [1.82, 2.24) is 5.32 Å². The number of anilines is 1. The number of benzene rings is 2. The molecule has 2 N–H and O–H groups in total. The van der Waals surface area contributed by atoms with Crippen LogP contribution in [0.25, 0.3) is 0 Å². The normalized spacial score (nSPS) is 10.1. The molecule has 2 aromatic carbocycles. The summed E-state index contributed by atoms with van der Waals surface area (Å²) in [6.07, 6.45) is 0. The number of esters is 1. The molecule has 0 aliphatic rings. The van der Waals surface area contributed by atoms with Crippen LogP contribution in [0, 0.1) is 24.0 Å². The number of aryl methyl sites for hydroxylation is 2. The number of ether oxygens (including phenoxy) is 2. The summed E-state index contributed by atoms with van der Waals surface area (Å²) in [7, 11) is 0.